The summed E-state index contributed by atoms with van der Waals surface area (Å²) in [5.41, 5.74) is 4.76. The number of benzene rings is 1. The average molecular weight is 719 g/mol. The number of pyridine rings is 2. The van der Waals surface area contributed by atoms with Gasteiger partial charge >= 0.3 is 0 Å². The molecule has 4 aromatic rings. The van der Waals surface area contributed by atoms with Gasteiger partial charge in [-0.3, -0.25) is 19.5 Å². The Balaban J connectivity index is 1.01. The van der Waals surface area contributed by atoms with Gasteiger partial charge in [0.1, 0.15) is 5.52 Å². The van der Waals surface area contributed by atoms with Crippen molar-refractivity contribution < 1.29 is 18.7 Å². The first kappa shape index (κ1) is 33.2. The predicted molar refractivity (Wildman–Crippen MR) is 199 cm³/mol. The van der Waals surface area contributed by atoms with Crippen LogP contribution in [0.3, 0.4) is 0 Å². The van der Waals surface area contributed by atoms with Gasteiger partial charge in [-0.05, 0) is 94.4 Å². The smallest absolute Gasteiger partial charge is 0.238 e. The molecule has 11 nitrogen and oxygen atoms in total. The molecule has 276 valence electrons. The van der Waals surface area contributed by atoms with Crippen LogP contribution >= 0.6 is 0 Å². The fraction of sp³-hybridized carbons (Fsp3) is 0.537. The van der Waals surface area contributed by atoms with E-state index in [9.17, 15) is 14.0 Å². The molecule has 6 aliphatic rings. The maximum absolute atomic E-state index is 14.9. The molecule has 3 saturated heterocycles. The fourth-order valence-corrected chi connectivity index (χ4v) is 10.2. The number of imidazole rings is 1. The van der Waals surface area contributed by atoms with Gasteiger partial charge in [-0.2, -0.15) is 0 Å². The van der Waals surface area contributed by atoms with Crippen LogP contribution in [0.15, 0.2) is 49.1 Å². The Morgan fingerprint density at radius 3 is 2.49 bits per heavy atom. The number of hydrogen-bond donors (Lipinski definition) is 1. The number of aromatic nitrogens is 4. The normalized spacial score (nSPS) is 26.7. The van der Waals surface area contributed by atoms with Crippen molar-refractivity contribution in [1.29, 1.82) is 0 Å². The third kappa shape index (κ3) is 5.38. The van der Waals surface area contributed by atoms with Crippen LogP contribution in [0.25, 0.3) is 22.3 Å². The lowest BCUT2D eigenvalue weighted by Gasteiger charge is -2.49. The molecule has 3 aromatic heterocycles. The van der Waals surface area contributed by atoms with Crippen LogP contribution in [0, 0.1) is 23.6 Å². The highest BCUT2D eigenvalue weighted by atomic mass is 19.1. The van der Waals surface area contributed by atoms with Crippen LogP contribution in [-0.2, 0) is 19.7 Å². The largest absolute Gasteiger partial charge is 0.380 e. The lowest BCUT2D eigenvalue weighted by atomic mass is 9.73. The zero-order valence-corrected chi connectivity index (χ0v) is 30.5. The Kier molecular flexibility index (Phi) is 7.87. The quantitative estimate of drug-likeness (QED) is 0.245. The number of carbonyl (C=O) groups excluding carboxylic acids is 2. The second-order valence-corrected chi connectivity index (χ2v) is 16.8. The molecule has 0 radical (unpaired) electrons. The highest BCUT2D eigenvalue weighted by Gasteiger charge is 2.56. The summed E-state index contributed by atoms with van der Waals surface area (Å²) in [6.45, 7) is 8.67. The standard InChI is InChI=1S/C41H47FN8O3/c1-24(2)49-23-44-35-17-34(46-38(37(35)49)45-33-7-10-43-18-32(33)42)27-5-6-31-36(14-27)50(30-15-29(16-30)48-19-25-3-4-26(13-25)20-48)40(52)41(31)8-11-47(12-9-41)39(51)28-21-53-22-28/h5-7,10,14,17-18,23-26,28-30H,3-4,8-9,11-13,15-16,19-22H2,1-2H3,(H,43,45,46)/t25?,26?,29-,30+. The first-order valence-electron chi connectivity index (χ1n) is 19.6. The molecule has 2 bridgehead atoms. The number of carbonyl (C=O) groups is 2. The number of nitrogens with one attached hydrogen (secondary N) is 1. The molecule has 2 atom stereocenters. The number of halogens is 1. The van der Waals surface area contributed by atoms with Crippen molar-refractivity contribution in [3.63, 3.8) is 0 Å². The second kappa shape index (κ2) is 12.6. The lowest BCUT2D eigenvalue weighted by Crippen LogP contribution is -2.59. The number of nitrogens with zero attached hydrogens (tertiary/aromatic N) is 7. The van der Waals surface area contributed by atoms with Crippen molar-refractivity contribution in [2.24, 2.45) is 17.8 Å². The van der Waals surface area contributed by atoms with Crippen molar-refractivity contribution in [2.45, 2.75) is 82.3 Å². The summed E-state index contributed by atoms with van der Waals surface area (Å²) in [6, 6.07) is 10.7. The predicted octanol–water partition coefficient (Wildman–Crippen LogP) is 6.07. The molecular weight excluding hydrogens is 672 g/mol. The van der Waals surface area contributed by atoms with Gasteiger partial charge in [0.15, 0.2) is 11.6 Å². The van der Waals surface area contributed by atoms with Gasteiger partial charge in [0, 0.05) is 61.8 Å². The van der Waals surface area contributed by atoms with E-state index in [2.05, 4.69) is 52.1 Å². The average Bonchev–Trinajstić information content (AvgIpc) is 3.77. The Morgan fingerprint density at radius 1 is 1.02 bits per heavy atom. The van der Waals surface area contributed by atoms with Crippen LogP contribution < -0.4 is 10.2 Å². The van der Waals surface area contributed by atoms with Crippen molar-refractivity contribution in [1.82, 2.24) is 29.3 Å². The first-order chi connectivity index (χ1) is 25.8. The fourth-order valence-electron chi connectivity index (χ4n) is 10.2. The number of likely N-dealkylation sites (tertiary alicyclic amines) is 2. The van der Waals surface area contributed by atoms with Crippen molar-refractivity contribution in [3.8, 4) is 11.3 Å². The second-order valence-electron chi connectivity index (χ2n) is 16.8. The molecule has 1 spiro atoms. The van der Waals surface area contributed by atoms with Crippen LogP contribution in [0.2, 0.25) is 0 Å². The molecular formula is C41H47FN8O3. The van der Waals surface area contributed by atoms with E-state index in [0.29, 0.717) is 56.7 Å². The molecule has 1 aromatic carbocycles. The number of fused-ring (bicyclic) bond motifs is 5. The van der Waals surface area contributed by atoms with Crippen molar-refractivity contribution in [2.75, 3.05) is 49.6 Å². The molecule has 1 N–H and O–H groups in total. The molecule has 10 rings (SSSR count). The van der Waals surface area contributed by atoms with Gasteiger partial charge in [-0.25, -0.2) is 14.4 Å². The summed E-state index contributed by atoms with van der Waals surface area (Å²) < 4.78 is 22.2. The molecule has 7 heterocycles. The van der Waals surface area contributed by atoms with E-state index in [1.807, 2.05) is 15.5 Å². The molecule has 2 amide bonds. The van der Waals surface area contributed by atoms with Crippen LogP contribution in [0.4, 0.5) is 21.6 Å². The molecule has 2 aliphatic carbocycles. The summed E-state index contributed by atoms with van der Waals surface area (Å²) in [4.78, 5) is 48.7. The lowest BCUT2D eigenvalue weighted by molar-refractivity contribution is -0.152. The Hall–Kier alpha value is -4.42. The molecule has 53 heavy (non-hydrogen) atoms. The minimum Gasteiger partial charge on any atom is -0.380 e. The zero-order chi connectivity index (χ0) is 36.0. The molecule has 4 aliphatic heterocycles. The molecule has 2 saturated carbocycles. The van der Waals surface area contributed by atoms with E-state index < -0.39 is 11.2 Å². The van der Waals surface area contributed by atoms with Crippen molar-refractivity contribution >= 4 is 40.0 Å². The number of hydrogen-bond acceptors (Lipinski definition) is 8. The third-order valence-corrected chi connectivity index (χ3v) is 13.4. The number of ether oxygens (including phenoxy) is 1. The Labute approximate surface area is 308 Å². The zero-order valence-electron chi connectivity index (χ0n) is 30.5. The summed E-state index contributed by atoms with van der Waals surface area (Å²) in [5.74, 6) is 1.98. The highest BCUT2D eigenvalue weighted by molar-refractivity contribution is 6.09. The van der Waals surface area contributed by atoms with Gasteiger partial charge in [-0.15, -0.1) is 0 Å². The maximum atomic E-state index is 14.9. The van der Waals surface area contributed by atoms with E-state index in [0.717, 1.165) is 52.5 Å². The van der Waals surface area contributed by atoms with Gasteiger partial charge in [0.2, 0.25) is 11.8 Å². The summed E-state index contributed by atoms with van der Waals surface area (Å²) >= 11 is 0. The number of anilines is 3. The van der Waals surface area contributed by atoms with E-state index in [-0.39, 0.29) is 35.5 Å². The molecule has 2 unspecified atom stereocenters. The first-order valence-corrected chi connectivity index (χ1v) is 19.6. The summed E-state index contributed by atoms with van der Waals surface area (Å²) in [6.07, 6.45) is 11.8. The maximum Gasteiger partial charge on any atom is 0.238 e. The topological polar surface area (TPSA) is 109 Å². The van der Waals surface area contributed by atoms with E-state index in [1.54, 1.807) is 18.6 Å². The number of rotatable bonds is 7. The SMILES string of the molecule is CC(C)n1cnc2cc(-c3ccc4c(c3)N([C@H]3C[C@@H](N5CC6CCC(C6)C5)C3)C(=O)C43CCN(C(=O)C4COC4)CC3)nc(Nc3ccncc3F)c21. The Bertz CT molecular complexity index is 2090. The van der Waals surface area contributed by atoms with Crippen LogP contribution in [0.5, 0.6) is 0 Å². The summed E-state index contributed by atoms with van der Waals surface area (Å²) in [7, 11) is 0. The van der Waals surface area contributed by atoms with Gasteiger partial charge in [-0.1, -0.05) is 12.1 Å². The van der Waals surface area contributed by atoms with Crippen LogP contribution in [-0.4, -0.2) is 92.6 Å². The van der Waals surface area contributed by atoms with E-state index >= 15 is 0 Å². The number of amides is 2. The molecule has 12 heteroatoms. The van der Waals surface area contributed by atoms with Crippen LogP contribution in [0.1, 0.15) is 70.4 Å². The minimum atomic E-state index is -0.658. The number of piperidine rings is 2. The van der Waals surface area contributed by atoms with Gasteiger partial charge < -0.3 is 24.4 Å². The molecule has 5 fully saturated rings. The van der Waals surface area contributed by atoms with Crippen molar-refractivity contribution in [3.05, 3.63) is 60.4 Å². The monoisotopic (exact) mass is 718 g/mol. The van der Waals surface area contributed by atoms with E-state index in [1.165, 1.54) is 38.5 Å². The van der Waals surface area contributed by atoms with Gasteiger partial charge in [0.25, 0.3) is 0 Å². The van der Waals surface area contributed by atoms with E-state index in [4.69, 9.17) is 14.7 Å². The van der Waals surface area contributed by atoms with Gasteiger partial charge in [0.05, 0.1) is 54.0 Å². The summed E-state index contributed by atoms with van der Waals surface area (Å²) in [5, 5.41) is 3.24. The minimum absolute atomic E-state index is 0.0576. The third-order valence-electron chi connectivity index (χ3n) is 13.4. The Morgan fingerprint density at radius 2 is 1.79 bits per heavy atom. The highest BCUT2D eigenvalue weighted by Crippen LogP contribution is 2.53.